The van der Waals surface area contributed by atoms with Crippen molar-refractivity contribution in [2.45, 2.75) is 138 Å². The van der Waals surface area contributed by atoms with Gasteiger partial charge in [0, 0.05) is 39.2 Å². The second-order valence-corrected chi connectivity index (χ2v) is 14.1. The number of hydrogen-bond acceptors (Lipinski definition) is 14. The molecule has 1 fully saturated rings. The minimum absolute atomic E-state index is 0.0710. The summed E-state index contributed by atoms with van der Waals surface area (Å²) in [6, 6.07) is -1.13. The van der Waals surface area contributed by atoms with Crippen LogP contribution in [0.3, 0.4) is 0 Å². The van der Waals surface area contributed by atoms with Crippen LogP contribution in [0.5, 0.6) is 0 Å². The van der Waals surface area contributed by atoms with Crippen LogP contribution in [-0.4, -0.2) is 140 Å². The van der Waals surface area contributed by atoms with Gasteiger partial charge < -0.3 is 65.5 Å². The first-order chi connectivity index (χ1) is 24.6. The topological polar surface area (TPSA) is 259 Å². The number of allylic oxidation sites excluding steroid dienone is 7. The second-order valence-electron chi connectivity index (χ2n) is 14.1. The smallest absolute Gasteiger partial charge is 0.311 e. The van der Waals surface area contributed by atoms with Crippen LogP contribution in [-0.2, 0) is 28.5 Å². The van der Waals surface area contributed by atoms with E-state index >= 15 is 0 Å². The predicted molar refractivity (Wildman–Crippen MR) is 189 cm³/mol. The molecule has 10 N–H and O–H groups in total. The van der Waals surface area contributed by atoms with Gasteiger partial charge in [-0.25, -0.2) is 0 Å². The molecule has 0 aromatic rings. The van der Waals surface area contributed by atoms with Crippen molar-refractivity contribution in [3.05, 3.63) is 48.6 Å². The number of aliphatic carboxylic acids is 1. The van der Waals surface area contributed by atoms with Gasteiger partial charge in [-0.1, -0.05) is 62.5 Å². The normalized spacial score (nSPS) is 36.5. The number of nitrogens with two attached hydrogens (primary N) is 1. The van der Waals surface area contributed by atoms with E-state index in [0.717, 1.165) is 12.8 Å². The van der Waals surface area contributed by atoms with Gasteiger partial charge in [0.1, 0.15) is 12.0 Å². The van der Waals surface area contributed by atoms with Crippen molar-refractivity contribution < 1.29 is 69.4 Å². The van der Waals surface area contributed by atoms with E-state index < -0.39 is 97.8 Å². The third-order valence-corrected chi connectivity index (χ3v) is 9.23. The maximum atomic E-state index is 12.6. The summed E-state index contributed by atoms with van der Waals surface area (Å²) in [6.45, 7) is 3.40. The van der Waals surface area contributed by atoms with Crippen LogP contribution in [0.25, 0.3) is 0 Å². The fourth-order valence-corrected chi connectivity index (χ4v) is 6.22. The summed E-state index contributed by atoms with van der Waals surface area (Å²) in [6.07, 6.45) is 3.09. The van der Waals surface area contributed by atoms with Gasteiger partial charge in [-0.05, 0) is 31.6 Å². The number of carboxylic acids is 1. The fourth-order valence-electron chi connectivity index (χ4n) is 6.22. The third-order valence-electron chi connectivity index (χ3n) is 9.23. The number of ether oxygens (including phenoxy) is 4. The fraction of sp³-hybridized carbons (Fsp3) is 0.730. The molecule has 2 rings (SSSR count). The molecular weight excluding hydrogens is 682 g/mol. The van der Waals surface area contributed by atoms with Crippen LogP contribution in [0.1, 0.15) is 71.6 Å². The van der Waals surface area contributed by atoms with Crippen molar-refractivity contribution in [1.82, 2.24) is 0 Å². The molecule has 2 aliphatic rings. The molecular formula is C37H61NO14. The molecule has 2 aliphatic heterocycles. The van der Waals surface area contributed by atoms with Crippen molar-refractivity contribution in [3.63, 3.8) is 0 Å². The average molecular weight is 744 g/mol. The molecule has 0 aliphatic carbocycles. The lowest BCUT2D eigenvalue weighted by molar-refractivity contribution is -0.300. The maximum absolute atomic E-state index is 12.6. The van der Waals surface area contributed by atoms with Gasteiger partial charge >= 0.3 is 11.9 Å². The first-order valence-electron chi connectivity index (χ1n) is 18.0. The Balaban J connectivity index is 2.35. The number of methoxy groups -OCH3 is 1. The molecule has 0 aromatic heterocycles. The van der Waals surface area contributed by atoms with Crippen LogP contribution in [0.15, 0.2) is 48.6 Å². The van der Waals surface area contributed by atoms with Crippen LogP contribution < -0.4 is 5.73 Å². The van der Waals surface area contributed by atoms with Crippen molar-refractivity contribution in [3.8, 4) is 0 Å². The van der Waals surface area contributed by atoms with Crippen molar-refractivity contribution in [1.29, 1.82) is 0 Å². The number of aliphatic hydroxyl groups excluding tert-OH is 6. The first kappa shape index (κ1) is 45.6. The number of aliphatic hydroxyl groups is 7. The zero-order valence-corrected chi connectivity index (χ0v) is 30.4. The molecule has 298 valence electrons. The number of hydrogen-bond donors (Lipinski definition) is 9. The number of carbonyl (C=O) groups is 2. The number of carboxylic acid groups (broad SMARTS) is 1. The van der Waals surface area contributed by atoms with E-state index in [1.165, 1.54) is 7.11 Å². The summed E-state index contributed by atoms with van der Waals surface area (Å²) in [5.41, 5.74) is 5.94. The number of fused-ring (bicyclic) bond motifs is 2. The Morgan fingerprint density at radius 3 is 2.25 bits per heavy atom. The lowest BCUT2D eigenvalue weighted by atomic mass is 9.82. The molecule has 0 aromatic carbocycles. The van der Waals surface area contributed by atoms with E-state index in [2.05, 4.69) is 0 Å². The van der Waals surface area contributed by atoms with Gasteiger partial charge in [0.25, 0.3) is 0 Å². The molecule has 1 saturated heterocycles. The summed E-state index contributed by atoms with van der Waals surface area (Å²) in [4.78, 5) is 24.8. The Labute approximate surface area is 306 Å². The highest BCUT2D eigenvalue weighted by atomic mass is 16.6. The lowest BCUT2D eigenvalue weighted by Crippen LogP contribution is -2.56. The Bertz CT molecular complexity index is 1180. The van der Waals surface area contributed by atoms with Crippen LogP contribution in [0.2, 0.25) is 0 Å². The quantitative estimate of drug-likeness (QED) is 0.147. The Hall–Kier alpha value is -2.54. The molecule has 0 radical (unpaired) electrons. The monoisotopic (exact) mass is 743 g/mol. The Morgan fingerprint density at radius 1 is 0.942 bits per heavy atom. The zero-order valence-electron chi connectivity index (χ0n) is 30.4. The van der Waals surface area contributed by atoms with Gasteiger partial charge in [-0.15, -0.1) is 0 Å². The van der Waals surface area contributed by atoms with Crippen molar-refractivity contribution in [2.75, 3.05) is 20.3 Å². The van der Waals surface area contributed by atoms with E-state index in [1.807, 2.05) is 32.1 Å². The Morgan fingerprint density at radius 2 is 1.60 bits per heavy atom. The number of esters is 1. The summed E-state index contributed by atoms with van der Waals surface area (Å²) in [5.74, 6) is -5.59. The van der Waals surface area contributed by atoms with Crippen LogP contribution in [0, 0.1) is 11.8 Å². The van der Waals surface area contributed by atoms with Crippen LogP contribution in [0.4, 0.5) is 0 Å². The standard InChI is InChI=1S/C37H61NO14/c1-23(2)31-14-12-10-8-6-4-5-7-9-11-13-25(50-22-30(44)35(38)29(43)21-49-3)18-32-34(36(46)47)28(42)20-37(48,52-32)19-24(39)17-27(41)26(40)15-16-33(45)51-31/h4-9,11,13,23-32,34-35,39-44,48H,10,12,14-22,38H2,1-3H3,(H,46,47)/b5-4+,8-6+,9-7+,13-11+/t24?,25?,26?,27?,28?,29-,30-,31?,32?,34?,35+,37?/m1/s1. The van der Waals surface area contributed by atoms with Crippen molar-refractivity contribution >= 4 is 11.9 Å². The minimum Gasteiger partial charge on any atom is -0.481 e. The SMILES string of the molecule is COC[C@@H](O)[C@H](N)[C@H](O)COC1/C=C/C=C/C=C/C=C/CCCC(C(C)C)OC(=O)CCC(O)C(O)CC(O)CC2(O)CC(O)C(C(=O)O)C(C1)O2. The van der Waals surface area contributed by atoms with Crippen LogP contribution >= 0.6 is 0 Å². The maximum Gasteiger partial charge on any atom is 0.311 e. The van der Waals surface area contributed by atoms with E-state index in [9.17, 15) is 50.4 Å². The molecule has 2 heterocycles. The zero-order chi connectivity index (χ0) is 38.8. The molecule has 12 atom stereocenters. The molecule has 2 bridgehead atoms. The molecule has 0 amide bonds. The molecule has 52 heavy (non-hydrogen) atoms. The Kier molecular flexibility index (Phi) is 20.4. The van der Waals surface area contributed by atoms with Gasteiger partial charge in [0.2, 0.25) is 0 Å². The van der Waals surface area contributed by atoms with Crippen molar-refractivity contribution in [2.24, 2.45) is 17.6 Å². The number of cyclic esters (lactones) is 1. The van der Waals surface area contributed by atoms with E-state index in [0.29, 0.717) is 6.42 Å². The average Bonchev–Trinajstić information content (AvgIpc) is 3.05. The molecule has 0 spiro atoms. The highest BCUT2D eigenvalue weighted by molar-refractivity contribution is 5.71. The summed E-state index contributed by atoms with van der Waals surface area (Å²) in [7, 11) is 1.37. The molecule has 0 saturated carbocycles. The summed E-state index contributed by atoms with van der Waals surface area (Å²) in [5, 5.41) is 84.9. The largest absolute Gasteiger partial charge is 0.481 e. The number of carbonyl (C=O) groups excluding carboxylic acids is 1. The molecule has 15 nitrogen and oxygen atoms in total. The number of rotatable bonds is 9. The van der Waals surface area contributed by atoms with Gasteiger partial charge in [0.15, 0.2) is 5.79 Å². The highest BCUT2D eigenvalue weighted by Gasteiger charge is 2.50. The predicted octanol–water partition coefficient (Wildman–Crippen LogP) is 0.616. The minimum atomic E-state index is -2.24. The molecule has 15 heteroatoms. The van der Waals surface area contributed by atoms with Gasteiger partial charge in [-0.3, -0.25) is 9.59 Å². The summed E-state index contributed by atoms with van der Waals surface area (Å²) < 4.78 is 22.3. The highest BCUT2D eigenvalue weighted by Crippen LogP contribution is 2.37. The second kappa shape index (κ2) is 23.3. The third kappa shape index (κ3) is 16.2. The van der Waals surface area contributed by atoms with E-state index in [1.54, 1.807) is 30.4 Å². The first-order valence-corrected chi connectivity index (χ1v) is 18.0. The van der Waals surface area contributed by atoms with E-state index in [4.69, 9.17) is 24.7 Å². The summed E-state index contributed by atoms with van der Waals surface area (Å²) >= 11 is 0. The molecule has 9 unspecified atom stereocenters. The van der Waals surface area contributed by atoms with Gasteiger partial charge in [-0.2, -0.15) is 0 Å². The lowest BCUT2D eigenvalue weighted by Gasteiger charge is -2.44. The van der Waals surface area contributed by atoms with Gasteiger partial charge in [0.05, 0.1) is 68.1 Å². The van der Waals surface area contributed by atoms with E-state index in [-0.39, 0.29) is 44.5 Å².